The molecule has 1 fully saturated rings. The topological polar surface area (TPSA) is 41.1 Å². The van der Waals surface area contributed by atoms with Crippen LogP contribution >= 0.6 is 0 Å². The summed E-state index contributed by atoms with van der Waals surface area (Å²) in [5.74, 6) is 0.100. The quantitative estimate of drug-likeness (QED) is 0.528. The van der Waals surface area contributed by atoms with Gasteiger partial charge in [-0.05, 0) is 6.92 Å². The van der Waals surface area contributed by atoms with Gasteiger partial charge in [-0.2, -0.15) is 0 Å². The van der Waals surface area contributed by atoms with Crippen molar-refractivity contribution < 1.29 is 7.65 Å². The molecule has 1 unspecified atom stereocenters. The molecule has 1 aliphatic rings. The third-order valence-electron chi connectivity index (χ3n) is 1.22. The zero-order valence-corrected chi connectivity index (χ0v) is 6.90. The van der Waals surface area contributed by atoms with Crippen LogP contribution in [0.25, 0.3) is 0 Å². The standard InChI is InChI=1S/C5H10N2O.C2H6.2H2/c1-4-2-7-5(8)3-6-4;1-2;;/h4,6H,2-3H2,1H3,(H,7,8);1-2H3;2*1H. The van der Waals surface area contributed by atoms with E-state index in [2.05, 4.69) is 10.6 Å². The molecule has 64 valence electrons. The van der Waals surface area contributed by atoms with Crippen LogP contribution in [0.3, 0.4) is 0 Å². The fraction of sp³-hybridized carbons (Fsp3) is 0.857. The van der Waals surface area contributed by atoms with Crippen molar-refractivity contribution in [2.45, 2.75) is 26.8 Å². The number of hydrogen-bond acceptors (Lipinski definition) is 2. The SMILES string of the molecule is CC.CC1CNC(=O)CN1.[HH].[HH]. The summed E-state index contributed by atoms with van der Waals surface area (Å²) in [6.07, 6.45) is 0. The summed E-state index contributed by atoms with van der Waals surface area (Å²) in [5, 5.41) is 5.75. The van der Waals surface area contributed by atoms with Crippen molar-refractivity contribution in [3.05, 3.63) is 0 Å². The fourth-order valence-electron chi connectivity index (χ4n) is 0.669. The third kappa shape index (κ3) is 3.45. The van der Waals surface area contributed by atoms with E-state index in [9.17, 15) is 4.79 Å². The molecular weight excluding hydrogens is 128 g/mol. The molecule has 10 heavy (non-hydrogen) atoms. The Labute approximate surface area is 65.2 Å². The first-order chi connectivity index (χ1) is 4.79. The molecule has 1 amide bonds. The first kappa shape index (κ1) is 9.43. The highest BCUT2D eigenvalue weighted by molar-refractivity contribution is 5.78. The molecule has 0 aliphatic carbocycles. The Hall–Kier alpha value is -0.570. The minimum Gasteiger partial charge on any atom is -0.353 e. The Morgan fingerprint density at radius 1 is 1.60 bits per heavy atom. The van der Waals surface area contributed by atoms with Crippen molar-refractivity contribution in [1.82, 2.24) is 10.6 Å². The van der Waals surface area contributed by atoms with Gasteiger partial charge in [-0.15, -0.1) is 0 Å². The molecule has 1 heterocycles. The molecule has 1 aliphatic heterocycles. The highest BCUT2D eigenvalue weighted by atomic mass is 16.2. The van der Waals surface area contributed by atoms with E-state index in [1.807, 2.05) is 20.8 Å². The molecule has 0 spiro atoms. The molecular formula is C7H20N2O. The van der Waals surface area contributed by atoms with E-state index in [1.54, 1.807) is 0 Å². The van der Waals surface area contributed by atoms with Crippen molar-refractivity contribution in [3.63, 3.8) is 0 Å². The maximum absolute atomic E-state index is 10.4. The monoisotopic (exact) mass is 148 g/mol. The molecule has 2 N–H and O–H groups in total. The summed E-state index contributed by atoms with van der Waals surface area (Å²) in [5.41, 5.74) is 0. The van der Waals surface area contributed by atoms with Crippen molar-refractivity contribution >= 4 is 5.91 Å². The lowest BCUT2D eigenvalue weighted by molar-refractivity contribution is -0.121. The highest BCUT2D eigenvalue weighted by Crippen LogP contribution is 1.82. The molecule has 0 saturated carbocycles. The summed E-state index contributed by atoms with van der Waals surface area (Å²) < 4.78 is 0. The molecule has 1 atom stereocenters. The van der Waals surface area contributed by atoms with Gasteiger partial charge in [-0.25, -0.2) is 0 Å². The highest BCUT2D eigenvalue weighted by Gasteiger charge is 2.10. The van der Waals surface area contributed by atoms with Crippen molar-refractivity contribution in [2.24, 2.45) is 0 Å². The maximum atomic E-state index is 10.4. The van der Waals surface area contributed by atoms with Gasteiger partial charge in [0.25, 0.3) is 0 Å². The van der Waals surface area contributed by atoms with Crippen molar-refractivity contribution in [3.8, 4) is 0 Å². The molecule has 0 aromatic heterocycles. The first-order valence-electron chi connectivity index (χ1n) is 3.79. The van der Waals surface area contributed by atoms with Crippen LogP contribution in [-0.2, 0) is 4.79 Å². The van der Waals surface area contributed by atoms with Crippen LogP contribution in [0, 0.1) is 0 Å². The number of carbonyl (C=O) groups excluding carboxylic acids is 1. The number of amides is 1. The molecule has 0 aromatic rings. The van der Waals surface area contributed by atoms with Gasteiger partial charge < -0.3 is 10.6 Å². The van der Waals surface area contributed by atoms with Crippen LogP contribution < -0.4 is 10.6 Å². The van der Waals surface area contributed by atoms with Crippen molar-refractivity contribution in [2.75, 3.05) is 13.1 Å². The van der Waals surface area contributed by atoms with Gasteiger partial charge in [0.05, 0.1) is 6.54 Å². The van der Waals surface area contributed by atoms with E-state index in [0.29, 0.717) is 12.6 Å². The Balaban J connectivity index is -0.000000189. The summed E-state index contributed by atoms with van der Waals surface area (Å²) in [6.45, 7) is 7.28. The third-order valence-corrected chi connectivity index (χ3v) is 1.22. The Kier molecular flexibility index (Phi) is 4.94. The zero-order valence-electron chi connectivity index (χ0n) is 6.90. The van der Waals surface area contributed by atoms with Crippen LogP contribution in [0.1, 0.15) is 23.6 Å². The number of nitrogens with one attached hydrogen (secondary N) is 2. The van der Waals surface area contributed by atoms with Gasteiger partial charge >= 0.3 is 0 Å². The fourth-order valence-corrected chi connectivity index (χ4v) is 0.669. The van der Waals surface area contributed by atoms with Gasteiger partial charge in [-0.3, -0.25) is 4.79 Å². The average molecular weight is 148 g/mol. The van der Waals surface area contributed by atoms with Crippen LogP contribution in [0.5, 0.6) is 0 Å². The maximum Gasteiger partial charge on any atom is 0.234 e. The molecule has 1 saturated heterocycles. The van der Waals surface area contributed by atoms with E-state index >= 15 is 0 Å². The van der Waals surface area contributed by atoms with E-state index in [0.717, 1.165) is 6.54 Å². The van der Waals surface area contributed by atoms with E-state index in [1.165, 1.54) is 0 Å². The summed E-state index contributed by atoms with van der Waals surface area (Å²) in [4.78, 5) is 10.4. The molecule has 1 rings (SSSR count). The minimum absolute atomic E-state index is 0. The lowest BCUT2D eigenvalue weighted by Gasteiger charge is -2.19. The van der Waals surface area contributed by atoms with Crippen LogP contribution in [0.15, 0.2) is 0 Å². The summed E-state index contributed by atoms with van der Waals surface area (Å²) >= 11 is 0. The van der Waals surface area contributed by atoms with E-state index in [-0.39, 0.29) is 8.76 Å². The molecule has 0 aromatic carbocycles. The second kappa shape index (κ2) is 5.23. The van der Waals surface area contributed by atoms with Gasteiger partial charge in [0.15, 0.2) is 0 Å². The summed E-state index contributed by atoms with van der Waals surface area (Å²) in [6, 6.07) is 0.438. The van der Waals surface area contributed by atoms with Gasteiger partial charge in [0.2, 0.25) is 5.91 Å². The molecule has 3 heteroatoms. The Bertz CT molecular complexity index is 102. The van der Waals surface area contributed by atoms with E-state index in [4.69, 9.17) is 0 Å². The number of hydrogen-bond donors (Lipinski definition) is 2. The second-order valence-corrected chi connectivity index (χ2v) is 2.09. The van der Waals surface area contributed by atoms with Gasteiger partial charge in [-0.1, -0.05) is 13.8 Å². The largest absolute Gasteiger partial charge is 0.353 e. The molecule has 0 radical (unpaired) electrons. The normalized spacial score (nSPS) is 24.3. The Morgan fingerprint density at radius 3 is 2.50 bits per heavy atom. The second-order valence-electron chi connectivity index (χ2n) is 2.09. The number of rotatable bonds is 0. The molecule has 0 bridgehead atoms. The average Bonchev–Trinajstić information content (AvgIpc) is 2.00. The van der Waals surface area contributed by atoms with Crippen LogP contribution in [0.4, 0.5) is 0 Å². The smallest absolute Gasteiger partial charge is 0.234 e. The zero-order chi connectivity index (χ0) is 7.98. The predicted octanol–water partition coefficient (Wildman–Crippen LogP) is 0.612. The first-order valence-corrected chi connectivity index (χ1v) is 3.79. The van der Waals surface area contributed by atoms with E-state index < -0.39 is 0 Å². The minimum atomic E-state index is 0. The lowest BCUT2D eigenvalue weighted by atomic mass is 10.3. The lowest BCUT2D eigenvalue weighted by Crippen LogP contribution is -2.50. The van der Waals surface area contributed by atoms with Crippen LogP contribution in [-0.4, -0.2) is 25.0 Å². The van der Waals surface area contributed by atoms with Crippen molar-refractivity contribution in [1.29, 1.82) is 0 Å². The van der Waals surface area contributed by atoms with Crippen LogP contribution in [0.2, 0.25) is 0 Å². The molecule has 3 nitrogen and oxygen atoms in total. The van der Waals surface area contributed by atoms with Gasteiger partial charge in [0, 0.05) is 15.4 Å². The predicted molar refractivity (Wildman–Crippen MR) is 46.1 cm³/mol. The number of carbonyl (C=O) groups is 1. The number of piperazine rings is 1. The summed E-state index contributed by atoms with van der Waals surface area (Å²) in [7, 11) is 0. The Morgan fingerprint density at radius 2 is 2.20 bits per heavy atom. The van der Waals surface area contributed by atoms with Gasteiger partial charge in [0.1, 0.15) is 0 Å².